The number of benzene rings is 1. The van der Waals surface area contributed by atoms with Gasteiger partial charge in [0.25, 0.3) is 0 Å². The summed E-state index contributed by atoms with van der Waals surface area (Å²) in [7, 11) is -4.92. The lowest BCUT2D eigenvalue weighted by Gasteiger charge is -2.24. The fraction of sp³-hybridized carbons (Fsp3) is 0.600. The van der Waals surface area contributed by atoms with Crippen molar-refractivity contribution in [3.05, 3.63) is 35.9 Å². The first kappa shape index (κ1) is 48.4. The van der Waals surface area contributed by atoms with E-state index in [0.717, 1.165) is 5.56 Å². The van der Waals surface area contributed by atoms with Crippen LogP contribution in [0.25, 0.3) is 0 Å². The number of hydrogen-bond acceptors (Lipinski definition) is 14. The predicted molar refractivity (Wildman–Crippen MR) is 189 cm³/mol. The first-order valence-electron chi connectivity index (χ1n) is 14.7. The largest absolute Gasteiger partial charge is 0.467 e. The van der Waals surface area contributed by atoms with Gasteiger partial charge in [-0.3, -0.25) is 4.79 Å². The molecule has 286 valence electrons. The number of hydrogen-bond donors (Lipinski definition) is 3. The van der Waals surface area contributed by atoms with Crippen LogP contribution in [0, 0.1) is 0 Å². The van der Waals surface area contributed by atoms with Crippen molar-refractivity contribution in [3.8, 4) is 0 Å². The van der Waals surface area contributed by atoms with Crippen molar-refractivity contribution in [2.75, 3.05) is 61.3 Å². The van der Waals surface area contributed by atoms with E-state index < -0.39 is 80.4 Å². The molecule has 0 saturated heterocycles. The molecule has 0 radical (unpaired) electrons. The van der Waals surface area contributed by atoms with Gasteiger partial charge >= 0.3 is 30.1 Å². The zero-order valence-electron chi connectivity index (χ0n) is 30.9. The second kappa shape index (κ2) is 21.5. The molecule has 0 aliphatic rings. The molecule has 3 unspecified atom stereocenters. The summed E-state index contributed by atoms with van der Waals surface area (Å²) in [6.07, 6.45) is -1.61. The van der Waals surface area contributed by atoms with Crippen molar-refractivity contribution in [2.24, 2.45) is 0 Å². The Bertz CT molecular complexity index is 1450. The molecule has 1 aromatic carbocycles. The van der Waals surface area contributed by atoms with Crippen LogP contribution in [0.1, 0.15) is 33.3 Å². The van der Waals surface area contributed by atoms with Gasteiger partial charge in [0, 0.05) is 6.92 Å². The molecule has 1 aromatic rings. The second-order valence-corrected chi connectivity index (χ2v) is 22.8. The Kier molecular flexibility index (Phi) is 20.9. The van der Waals surface area contributed by atoms with Gasteiger partial charge in [-0.05, 0) is 66.3 Å². The van der Waals surface area contributed by atoms with Crippen molar-refractivity contribution in [2.45, 2.75) is 57.3 Å². The Balaban J connectivity index is 0. The molecule has 0 aliphatic carbocycles. The van der Waals surface area contributed by atoms with Crippen molar-refractivity contribution < 1.29 is 66.1 Å². The number of alkyl carbamates (subject to hydrolysis) is 2. The molecule has 0 fully saturated rings. The van der Waals surface area contributed by atoms with Crippen LogP contribution in [0.4, 0.5) is 9.59 Å². The third-order valence-corrected chi connectivity index (χ3v) is 10.4. The highest BCUT2D eigenvalue weighted by molar-refractivity contribution is 7.64. The van der Waals surface area contributed by atoms with E-state index in [-0.39, 0.29) is 6.61 Å². The minimum atomic E-state index is -2.88. The zero-order valence-corrected chi connectivity index (χ0v) is 33.6. The van der Waals surface area contributed by atoms with E-state index in [1.165, 1.54) is 68.2 Å². The molecule has 3 N–H and O–H groups in total. The highest BCUT2D eigenvalue weighted by Gasteiger charge is 2.35. The van der Waals surface area contributed by atoms with Gasteiger partial charge in [0.15, 0.2) is 17.3 Å². The third-order valence-electron chi connectivity index (χ3n) is 5.60. The van der Waals surface area contributed by atoms with E-state index in [4.69, 9.17) is 9.47 Å². The highest BCUT2D eigenvalue weighted by atomic mass is 31.2. The van der Waals surface area contributed by atoms with E-state index >= 15 is 0 Å². The van der Waals surface area contributed by atoms with Crippen LogP contribution in [0.3, 0.4) is 0 Å². The van der Waals surface area contributed by atoms with Crippen LogP contribution < -0.4 is 16.0 Å². The molecule has 0 aliphatic heterocycles. The Hall–Kier alpha value is -3.67. The summed E-state index contributed by atoms with van der Waals surface area (Å²) >= 11 is 0. The number of esters is 3. The zero-order chi connectivity index (χ0) is 39.7. The lowest BCUT2D eigenvalue weighted by Crippen LogP contribution is -2.43. The van der Waals surface area contributed by atoms with Gasteiger partial charge in [-0.25, -0.2) is 24.0 Å². The normalized spacial score (nSPS) is 13.1. The topological polar surface area (TPSA) is 236 Å². The number of amides is 3. The molecule has 50 heavy (non-hydrogen) atoms. The maximum Gasteiger partial charge on any atom is 0.408 e. The Labute approximate surface area is 293 Å². The van der Waals surface area contributed by atoms with Gasteiger partial charge in [0.1, 0.15) is 33.6 Å². The summed E-state index contributed by atoms with van der Waals surface area (Å²) in [6, 6.07) is 9.09. The van der Waals surface area contributed by atoms with E-state index in [2.05, 4.69) is 30.2 Å². The SMILES string of the molecule is COC(=O)C(NC(=O)OC(C)(C)C)P(C)(C)=O.COC(=O)C(NC(=O)OCc1ccccc1)P(C)(C)=O.COC(=O)C(NC(C)=O)P(C)(C)=O. The summed E-state index contributed by atoms with van der Waals surface area (Å²) in [4.78, 5) is 67.8. The molecule has 0 aromatic heterocycles. The summed E-state index contributed by atoms with van der Waals surface area (Å²) in [5, 5.41) is 6.84. The Morgan fingerprint density at radius 3 is 1.26 bits per heavy atom. The Morgan fingerprint density at radius 1 is 0.620 bits per heavy atom. The molecule has 0 heterocycles. The number of carbonyl (C=O) groups is 6. The molecule has 3 amide bonds. The number of rotatable bonds is 11. The van der Waals surface area contributed by atoms with E-state index in [0.29, 0.717) is 0 Å². The maximum absolute atomic E-state index is 12.0. The summed E-state index contributed by atoms with van der Waals surface area (Å²) < 4.78 is 58.7. The quantitative estimate of drug-likeness (QED) is 0.164. The average Bonchev–Trinajstić information content (AvgIpc) is 2.97. The number of nitrogens with one attached hydrogen (secondary N) is 3. The van der Waals surface area contributed by atoms with Crippen molar-refractivity contribution in [3.63, 3.8) is 0 Å². The second-order valence-electron chi connectivity index (χ2n) is 12.6. The minimum Gasteiger partial charge on any atom is -0.467 e. The van der Waals surface area contributed by atoms with Gasteiger partial charge in [-0.1, -0.05) is 30.3 Å². The van der Waals surface area contributed by atoms with Crippen LogP contribution in [-0.4, -0.2) is 120 Å². The number of ether oxygens (including phenoxy) is 5. The smallest absolute Gasteiger partial charge is 0.408 e. The van der Waals surface area contributed by atoms with E-state index in [9.17, 15) is 42.5 Å². The van der Waals surface area contributed by atoms with Crippen molar-refractivity contribution >= 4 is 57.4 Å². The average molecular weight is 772 g/mol. The fourth-order valence-corrected chi connectivity index (χ4v) is 6.39. The molecule has 17 nitrogen and oxygen atoms in total. The molecule has 0 saturated carbocycles. The van der Waals surface area contributed by atoms with E-state index in [1.54, 1.807) is 32.9 Å². The standard InChI is InChI=1S/C13H18NO5P.C10H20NO5P.C7H14NO4P/c1-18-12(15)11(20(2,3)17)14-13(16)19-9-10-7-5-4-6-8-10;1-10(2,3)16-9(13)11-7(8(12)15-4)17(5,6)14;1-5(9)8-6(7(10)12-2)13(3,4)11/h4-8,11H,9H2,1-3H3,(H,14,16);7H,1-6H3,(H,11,13);6H,1-4H3,(H,8,9). The summed E-state index contributed by atoms with van der Waals surface area (Å²) in [5.41, 5.74) is 0.129. The molecule has 20 heteroatoms. The molecule has 0 bridgehead atoms. The lowest BCUT2D eigenvalue weighted by molar-refractivity contribution is -0.142. The summed E-state index contributed by atoms with van der Waals surface area (Å²) in [6.45, 7) is 14.8. The van der Waals surface area contributed by atoms with Gasteiger partial charge in [-0.15, -0.1) is 0 Å². The fourth-order valence-electron chi connectivity index (χ4n) is 3.23. The maximum atomic E-state index is 12.0. The minimum absolute atomic E-state index is 0.0678. The molecular weight excluding hydrogens is 719 g/mol. The number of carbonyl (C=O) groups excluding carboxylic acids is 6. The molecule has 1 rings (SSSR count). The van der Waals surface area contributed by atoms with Gasteiger partial charge in [-0.2, -0.15) is 0 Å². The first-order valence-corrected chi connectivity index (χ1v) is 22.7. The molecule has 3 atom stereocenters. The van der Waals surface area contributed by atoms with Gasteiger partial charge < -0.3 is 53.3 Å². The van der Waals surface area contributed by atoms with Gasteiger partial charge in [0.2, 0.25) is 5.91 Å². The van der Waals surface area contributed by atoms with Crippen LogP contribution >= 0.6 is 21.4 Å². The monoisotopic (exact) mass is 771 g/mol. The highest BCUT2D eigenvalue weighted by Crippen LogP contribution is 2.42. The first-order chi connectivity index (χ1) is 22.6. The van der Waals surface area contributed by atoms with Gasteiger partial charge in [0.05, 0.1) is 21.3 Å². The molecule has 0 spiro atoms. The molecular formula is C30H52N3O14P3. The third kappa shape index (κ3) is 21.4. The Morgan fingerprint density at radius 2 is 0.960 bits per heavy atom. The lowest BCUT2D eigenvalue weighted by atomic mass is 10.2. The summed E-state index contributed by atoms with van der Waals surface area (Å²) in [5.74, 6) is -5.99. The van der Waals surface area contributed by atoms with Crippen LogP contribution in [0.5, 0.6) is 0 Å². The van der Waals surface area contributed by atoms with Crippen LogP contribution in [0.2, 0.25) is 0 Å². The van der Waals surface area contributed by atoms with Crippen molar-refractivity contribution in [1.29, 1.82) is 0 Å². The van der Waals surface area contributed by atoms with E-state index in [1.807, 2.05) is 18.2 Å². The van der Waals surface area contributed by atoms with Crippen molar-refractivity contribution in [1.82, 2.24) is 16.0 Å². The van der Waals surface area contributed by atoms with Crippen LogP contribution in [0.15, 0.2) is 30.3 Å². The van der Waals surface area contributed by atoms with Crippen LogP contribution in [-0.2, 0) is 63.2 Å². The number of methoxy groups -OCH3 is 3. The predicted octanol–water partition coefficient (Wildman–Crippen LogP) is 3.91.